The topological polar surface area (TPSA) is 80.4 Å². The number of H-pyrrole nitrogens is 1. The zero-order chi connectivity index (χ0) is 27.9. The van der Waals surface area contributed by atoms with Crippen LogP contribution < -0.4 is 20.3 Å². The Morgan fingerprint density at radius 2 is 1.79 bits per heavy atom. The third kappa shape index (κ3) is 5.41. The van der Waals surface area contributed by atoms with Crippen molar-refractivity contribution in [2.24, 2.45) is 5.92 Å². The van der Waals surface area contributed by atoms with Gasteiger partial charge in [0.25, 0.3) is 17.3 Å². The summed E-state index contributed by atoms with van der Waals surface area (Å²) < 4.78 is 26.1. The maximum absolute atomic E-state index is 13.3. The first kappa shape index (κ1) is 27.6. The molecule has 2 N–H and O–H groups in total. The summed E-state index contributed by atoms with van der Waals surface area (Å²) in [5.74, 6) is -0.0279. The average molecular weight is 571 g/mol. The zero-order valence-corrected chi connectivity index (χ0v) is 24.0. The first-order valence-electron chi connectivity index (χ1n) is 13.1. The van der Waals surface area contributed by atoms with Gasteiger partial charge in [0.1, 0.15) is 5.82 Å². The van der Waals surface area contributed by atoms with Crippen molar-refractivity contribution in [3.63, 3.8) is 0 Å². The number of aromatic amines is 1. The van der Waals surface area contributed by atoms with E-state index in [-0.39, 0.29) is 29.7 Å². The largest absolute Gasteiger partial charge is 0.448 e. The Balaban J connectivity index is 1.30. The molecule has 5 rings (SSSR count). The Kier molecular flexibility index (Phi) is 7.71. The van der Waals surface area contributed by atoms with Crippen molar-refractivity contribution in [2.45, 2.75) is 69.6 Å². The predicted octanol–water partition coefficient (Wildman–Crippen LogP) is 6.90. The van der Waals surface area contributed by atoms with Gasteiger partial charge in [0.05, 0.1) is 5.02 Å². The number of aromatic nitrogens is 1. The van der Waals surface area contributed by atoms with Gasteiger partial charge >= 0.3 is 0 Å². The van der Waals surface area contributed by atoms with Gasteiger partial charge in [-0.3, -0.25) is 9.59 Å². The number of benzene rings is 2. The van der Waals surface area contributed by atoms with Gasteiger partial charge < -0.3 is 19.8 Å². The maximum Gasteiger partial charge on any atom is 0.254 e. The number of aryl methyl sites for hydroxylation is 1. The summed E-state index contributed by atoms with van der Waals surface area (Å²) in [6.45, 7) is 5.66. The lowest BCUT2D eigenvalue weighted by molar-refractivity contribution is -0.121. The van der Waals surface area contributed by atoms with Gasteiger partial charge in [-0.25, -0.2) is 4.39 Å². The van der Waals surface area contributed by atoms with Crippen LogP contribution in [0.3, 0.4) is 0 Å². The van der Waals surface area contributed by atoms with Crippen molar-refractivity contribution in [1.29, 1.82) is 0 Å². The first-order chi connectivity index (χ1) is 18.6. The molecule has 6 nitrogen and oxygen atoms in total. The number of halogens is 2. The Bertz CT molecular complexity index is 1470. The molecule has 0 spiro atoms. The van der Waals surface area contributed by atoms with Crippen molar-refractivity contribution >= 4 is 29.3 Å². The second kappa shape index (κ2) is 10.9. The van der Waals surface area contributed by atoms with Gasteiger partial charge in [0.15, 0.2) is 11.5 Å². The quantitative estimate of drug-likeness (QED) is 0.315. The molecule has 1 fully saturated rings. The van der Waals surface area contributed by atoms with E-state index in [1.54, 1.807) is 6.07 Å². The molecule has 1 aliphatic heterocycles. The van der Waals surface area contributed by atoms with Crippen molar-refractivity contribution in [2.75, 3.05) is 6.26 Å². The highest BCUT2D eigenvalue weighted by Gasteiger charge is 2.47. The summed E-state index contributed by atoms with van der Waals surface area (Å²) in [6, 6.07) is 10.3. The number of hydrogen-bond donors (Lipinski definition) is 2. The minimum absolute atomic E-state index is 0.0884. The van der Waals surface area contributed by atoms with Crippen molar-refractivity contribution < 1.29 is 18.7 Å². The maximum atomic E-state index is 13.3. The van der Waals surface area contributed by atoms with Gasteiger partial charge in [-0.15, -0.1) is 11.8 Å². The van der Waals surface area contributed by atoms with Crippen LogP contribution in [0.25, 0.3) is 0 Å². The molecule has 2 heterocycles. The van der Waals surface area contributed by atoms with Crippen LogP contribution in [0.15, 0.2) is 46.1 Å². The van der Waals surface area contributed by atoms with Crippen LogP contribution in [0.2, 0.25) is 5.02 Å². The molecule has 0 saturated heterocycles. The SMILES string of the molecule is CSc1cc(C)[nH]c(=O)c1CNC(=O)c1cc(Cl)c2c(c1C)O[C@@](C)(C1CCC(c3ccc(F)cc3)CC1)O2. The number of carbonyl (C=O) groups is 1. The Morgan fingerprint density at radius 3 is 2.46 bits per heavy atom. The van der Waals surface area contributed by atoms with E-state index in [0.29, 0.717) is 39.1 Å². The van der Waals surface area contributed by atoms with Crippen LogP contribution in [-0.4, -0.2) is 22.9 Å². The summed E-state index contributed by atoms with van der Waals surface area (Å²) >= 11 is 8.07. The van der Waals surface area contributed by atoms with E-state index in [2.05, 4.69) is 10.3 Å². The standard InChI is InChI=1S/C30H32ClFN2O4S/c1-16-13-25(39-4)23(29(36)34-16)15-33-28(35)22-14-24(31)27-26(17(22)2)37-30(3,38-27)20-9-5-18(6-10-20)19-7-11-21(32)12-8-19/h7-8,11-14,18,20H,5-6,9-10,15H2,1-4H3,(H,33,35)(H,34,36)/t18?,20?,30-/m1/s1. The number of rotatable bonds is 6. The fourth-order valence-corrected chi connectivity index (χ4v) is 6.67. The number of fused-ring (bicyclic) bond motifs is 1. The highest BCUT2D eigenvalue weighted by molar-refractivity contribution is 7.98. The van der Waals surface area contributed by atoms with Gasteiger partial charge in [-0.2, -0.15) is 0 Å². The van der Waals surface area contributed by atoms with E-state index < -0.39 is 5.79 Å². The van der Waals surface area contributed by atoms with Gasteiger partial charge in [-0.1, -0.05) is 23.7 Å². The van der Waals surface area contributed by atoms with Crippen LogP contribution in [0.4, 0.5) is 4.39 Å². The van der Waals surface area contributed by atoms with E-state index in [0.717, 1.165) is 41.8 Å². The summed E-state index contributed by atoms with van der Waals surface area (Å²) in [5.41, 5.74) is 3.23. The minimum Gasteiger partial charge on any atom is -0.448 e. The van der Waals surface area contributed by atoms with Crippen LogP contribution in [-0.2, 0) is 6.54 Å². The smallest absolute Gasteiger partial charge is 0.254 e. The van der Waals surface area contributed by atoms with Gasteiger partial charge in [-0.05, 0) is 81.5 Å². The molecule has 206 valence electrons. The molecular weight excluding hydrogens is 539 g/mol. The highest BCUT2D eigenvalue weighted by Crippen LogP contribution is 2.52. The van der Waals surface area contributed by atoms with Crippen LogP contribution >= 0.6 is 23.4 Å². The zero-order valence-electron chi connectivity index (χ0n) is 22.5. The molecule has 2 aliphatic rings. The first-order valence-corrected chi connectivity index (χ1v) is 14.7. The molecule has 1 aliphatic carbocycles. The fourth-order valence-electron chi connectivity index (χ4n) is 5.73. The van der Waals surface area contributed by atoms with Gasteiger partial charge in [0, 0.05) is 46.7 Å². The summed E-state index contributed by atoms with van der Waals surface area (Å²) in [6.07, 6.45) is 5.57. The highest BCUT2D eigenvalue weighted by atomic mass is 35.5. The minimum atomic E-state index is -0.901. The summed E-state index contributed by atoms with van der Waals surface area (Å²) in [5, 5.41) is 3.17. The molecule has 0 unspecified atom stereocenters. The van der Waals surface area contributed by atoms with Crippen molar-refractivity contribution in [3.05, 3.63) is 85.5 Å². The normalized spacial score (nSPS) is 22.1. The third-order valence-corrected chi connectivity index (χ3v) is 9.06. The summed E-state index contributed by atoms with van der Waals surface area (Å²) in [4.78, 5) is 29.3. The van der Waals surface area contributed by atoms with Crippen molar-refractivity contribution in [3.8, 4) is 11.5 Å². The molecule has 2 aromatic carbocycles. The number of amides is 1. The molecule has 1 amide bonds. The lowest BCUT2D eigenvalue weighted by atomic mass is 9.76. The lowest BCUT2D eigenvalue weighted by Gasteiger charge is -2.37. The van der Waals surface area contributed by atoms with Crippen LogP contribution in [0.5, 0.6) is 11.5 Å². The number of thioether (sulfide) groups is 1. The van der Waals surface area contributed by atoms with E-state index in [1.807, 2.05) is 45.2 Å². The van der Waals surface area contributed by atoms with E-state index in [1.165, 1.54) is 23.9 Å². The second-order valence-corrected chi connectivity index (χ2v) is 11.8. The van der Waals surface area contributed by atoms with E-state index in [9.17, 15) is 14.0 Å². The number of carbonyl (C=O) groups excluding carboxylic acids is 1. The Hall–Kier alpha value is -2.97. The van der Waals surface area contributed by atoms with Crippen LogP contribution in [0, 0.1) is 25.6 Å². The molecular formula is C30H32ClFN2O4S. The summed E-state index contributed by atoms with van der Waals surface area (Å²) in [7, 11) is 0. The monoisotopic (exact) mass is 570 g/mol. The molecule has 0 radical (unpaired) electrons. The number of nitrogens with one attached hydrogen (secondary N) is 2. The van der Waals surface area contributed by atoms with Crippen LogP contribution in [0.1, 0.15) is 71.3 Å². The van der Waals surface area contributed by atoms with E-state index >= 15 is 0 Å². The molecule has 1 atom stereocenters. The predicted molar refractivity (Wildman–Crippen MR) is 152 cm³/mol. The third-order valence-electron chi connectivity index (χ3n) is 7.98. The molecule has 1 saturated carbocycles. The molecule has 39 heavy (non-hydrogen) atoms. The molecule has 0 bridgehead atoms. The fraction of sp³-hybridized carbons (Fsp3) is 0.400. The Labute approximate surface area is 236 Å². The molecule has 1 aromatic heterocycles. The van der Waals surface area contributed by atoms with Crippen molar-refractivity contribution in [1.82, 2.24) is 10.3 Å². The number of ether oxygens (including phenoxy) is 2. The number of hydrogen-bond acceptors (Lipinski definition) is 5. The molecule has 3 aromatic rings. The molecule has 9 heteroatoms. The van der Waals surface area contributed by atoms with E-state index in [4.69, 9.17) is 21.1 Å². The number of pyridine rings is 1. The lowest BCUT2D eigenvalue weighted by Crippen LogP contribution is -2.44. The Morgan fingerprint density at radius 1 is 1.13 bits per heavy atom. The van der Waals surface area contributed by atoms with Gasteiger partial charge in [0.2, 0.25) is 0 Å². The average Bonchev–Trinajstić information content (AvgIpc) is 3.30. The second-order valence-electron chi connectivity index (χ2n) is 10.5.